The summed E-state index contributed by atoms with van der Waals surface area (Å²) in [4.78, 5) is 17.2. The zero-order valence-electron chi connectivity index (χ0n) is 12.6. The lowest BCUT2D eigenvalue weighted by Crippen LogP contribution is -2.47. The van der Waals surface area contributed by atoms with Crippen LogP contribution in [0.1, 0.15) is 39.5 Å². The van der Waals surface area contributed by atoms with Crippen LogP contribution in [0.25, 0.3) is 0 Å². The molecule has 2 fully saturated rings. The first-order valence-electron chi connectivity index (χ1n) is 7.72. The molecule has 1 aliphatic carbocycles. The third kappa shape index (κ3) is 3.69. The average Bonchev–Trinajstić information content (AvgIpc) is 2.48. The number of hydrogen-bond acceptors (Lipinski definition) is 3. The standard InChI is InChI=1S/C15H29N3O/c1-11-7-13(9-14(16)8-11)15(19)18-6-4-5-17(3)10-12(18)2/h11-14H,4-10,16H2,1-3H3. The quantitative estimate of drug-likeness (QED) is 0.779. The van der Waals surface area contributed by atoms with Gasteiger partial charge in [-0.1, -0.05) is 6.92 Å². The van der Waals surface area contributed by atoms with Crippen molar-refractivity contribution in [2.24, 2.45) is 17.6 Å². The molecule has 19 heavy (non-hydrogen) atoms. The van der Waals surface area contributed by atoms with Crippen LogP contribution in [0.5, 0.6) is 0 Å². The van der Waals surface area contributed by atoms with E-state index < -0.39 is 0 Å². The van der Waals surface area contributed by atoms with Crippen LogP contribution in [-0.2, 0) is 4.79 Å². The summed E-state index contributed by atoms with van der Waals surface area (Å²) in [6.07, 6.45) is 4.05. The van der Waals surface area contributed by atoms with E-state index in [1.165, 1.54) is 0 Å². The van der Waals surface area contributed by atoms with Crippen molar-refractivity contribution in [3.63, 3.8) is 0 Å². The molecule has 0 aromatic carbocycles. The first kappa shape index (κ1) is 14.8. The van der Waals surface area contributed by atoms with Gasteiger partial charge in [-0.3, -0.25) is 4.79 Å². The number of amides is 1. The van der Waals surface area contributed by atoms with Crippen molar-refractivity contribution in [3.8, 4) is 0 Å². The summed E-state index contributed by atoms with van der Waals surface area (Å²) in [7, 11) is 2.14. The van der Waals surface area contributed by atoms with E-state index in [4.69, 9.17) is 5.73 Å². The molecule has 0 aromatic heterocycles. The molecule has 2 rings (SSSR count). The van der Waals surface area contributed by atoms with Crippen LogP contribution in [0.2, 0.25) is 0 Å². The minimum Gasteiger partial charge on any atom is -0.338 e. The zero-order chi connectivity index (χ0) is 14.0. The molecule has 2 N–H and O–H groups in total. The Morgan fingerprint density at radius 3 is 2.58 bits per heavy atom. The van der Waals surface area contributed by atoms with Gasteiger partial charge in [-0.2, -0.15) is 0 Å². The van der Waals surface area contributed by atoms with Gasteiger partial charge in [-0.05, 0) is 52.1 Å². The van der Waals surface area contributed by atoms with E-state index in [0.717, 1.165) is 45.3 Å². The van der Waals surface area contributed by atoms with Crippen molar-refractivity contribution in [3.05, 3.63) is 0 Å². The number of carbonyl (C=O) groups excluding carboxylic acids is 1. The van der Waals surface area contributed by atoms with E-state index in [1.807, 2.05) is 0 Å². The molecule has 1 heterocycles. The van der Waals surface area contributed by atoms with E-state index >= 15 is 0 Å². The SMILES string of the molecule is CC1CC(N)CC(C(=O)N2CCCN(C)CC2C)C1. The molecule has 1 saturated heterocycles. The van der Waals surface area contributed by atoms with Crippen molar-refractivity contribution in [2.45, 2.75) is 51.6 Å². The van der Waals surface area contributed by atoms with Crippen molar-refractivity contribution in [2.75, 3.05) is 26.7 Å². The lowest BCUT2D eigenvalue weighted by Gasteiger charge is -2.36. The Bertz CT molecular complexity index is 311. The largest absolute Gasteiger partial charge is 0.338 e. The van der Waals surface area contributed by atoms with Crippen LogP contribution in [0.4, 0.5) is 0 Å². The van der Waals surface area contributed by atoms with Gasteiger partial charge in [0.05, 0.1) is 0 Å². The first-order chi connectivity index (χ1) is 8.97. The smallest absolute Gasteiger partial charge is 0.226 e. The minimum absolute atomic E-state index is 0.157. The number of nitrogens with two attached hydrogens (primary N) is 1. The van der Waals surface area contributed by atoms with Gasteiger partial charge in [0, 0.05) is 31.1 Å². The summed E-state index contributed by atoms with van der Waals surface area (Å²) >= 11 is 0. The highest BCUT2D eigenvalue weighted by Crippen LogP contribution is 2.30. The number of rotatable bonds is 1. The lowest BCUT2D eigenvalue weighted by molar-refractivity contribution is -0.139. The van der Waals surface area contributed by atoms with Crippen LogP contribution in [0, 0.1) is 11.8 Å². The fourth-order valence-corrected chi connectivity index (χ4v) is 3.79. The maximum Gasteiger partial charge on any atom is 0.226 e. The topological polar surface area (TPSA) is 49.6 Å². The molecule has 4 unspecified atom stereocenters. The molecule has 0 radical (unpaired) electrons. The highest BCUT2D eigenvalue weighted by Gasteiger charge is 2.34. The molecule has 4 atom stereocenters. The van der Waals surface area contributed by atoms with Crippen molar-refractivity contribution in [1.29, 1.82) is 0 Å². The molecule has 2 aliphatic rings. The normalized spacial score (nSPS) is 38.0. The molecule has 1 saturated carbocycles. The summed E-state index contributed by atoms with van der Waals surface area (Å²) in [5, 5.41) is 0. The van der Waals surface area contributed by atoms with Gasteiger partial charge in [0.25, 0.3) is 0 Å². The predicted octanol–water partition coefficient (Wildman–Crippen LogP) is 1.30. The molecule has 4 heteroatoms. The third-order valence-electron chi connectivity index (χ3n) is 4.66. The van der Waals surface area contributed by atoms with Crippen LogP contribution in [-0.4, -0.2) is 54.5 Å². The van der Waals surface area contributed by atoms with E-state index in [-0.39, 0.29) is 12.0 Å². The summed E-state index contributed by atoms with van der Waals surface area (Å²) in [6.45, 7) is 7.38. The number of likely N-dealkylation sites (N-methyl/N-ethyl adjacent to an activating group) is 1. The Hall–Kier alpha value is -0.610. The third-order valence-corrected chi connectivity index (χ3v) is 4.66. The Morgan fingerprint density at radius 2 is 1.89 bits per heavy atom. The summed E-state index contributed by atoms with van der Waals surface area (Å²) in [5.41, 5.74) is 6.09. The second-order valence-corrected chi connectivity index (χ2v) is 6.77. The van der Waals surface area contributed by atoms with Gasteiger partial charge in [0.15, 0.2) is 0 Å². The van der Waals surface area contributed by atoms with Crippen molar-refractivity contribution >= 4 is 5.91 Å². The Kier molecular flexibility index (Phi) is 4.85. The van der Waals surface area contributed by atoms with Crippen LogP contribution in [0.3, 0.4) is 0 Å². The number of nitrogens with zero attached hydrogens (tertiary/aromatic N) is 2. The first-order valence-corrected chi connectivity index (χ1v) is 7.72. The zero-order valence-corrected chi connectivity index (χ0v) is 12.6. The monoisotopic (exact) mass is 267 g/mol. The molecule has 0 spiro atoms. The van der Waals surface area contributed by atoms with Crippen LogP contribution < -0.4 is 5.73 Å². The maximum absolute atomic E-state index is 12.8. The average molecular weight is 267 g/mol. The second kappa shape index (κ2) is 6.23. The molecule has 1 amide bonds. The fraction of sp³-hybridized carbons (Fsp3) is 0.933. The van der Waals surface area contributed by atoms with Crippen molar-refractivity contribution in [1.82, 2.24) is 9.80 Å². The summed E-state index contributed by atoms with van der Waals surface area (Å²) in [5.74, 6) is 1.09. The molecule has 1 aliphatic heterocycles. The van der Waals surface area contributed by atoms with Gasteiger partial charge in [0.2, 0.25) is 5.91 Å². The van der Waals surface area contributed by atoms with Gasteiger partial charge in [0.1, 0.15) is 0 Å². The highest BCUT2D eigenvalue weighted by molar-refractivity contribution is 5.79. The molecular weight excluding hydrogens is 238 g/mol. The Labute approximate surface area is 117 Å². The van der Waals surface area contributed by atoms with Gasteiger partial charge < -0.3 is 15.5 Å². The van der Waals surface area contributed by atoms with Crippen molar-refractivity contribution < 1.29 is 4.79 Å². The molecule has 0 aromatic rings. The van der Waals surface area contributed by atoms with E-state index in [9.17, 15) is 4.79 Å². The second-order valence-electron chi connectivity index (χ2n) is 6.77. The number of hydrogen-bond donors (Lipinski definition) is 1. The summed E-state index contributed by atoms with van der Waals surface area (Å²) < 4.78 is 0. The van der Waals surface area contributed by atoms with E-state index in [2.05, 4.69) is 30.7 Å². The fourth-order valence-electron chi connectivity index (χ4n) is 3.79. The van der Waals surface area contributed by atoms with Gasteiger partial charge >= 0.3 is 0 Å². The molecule has 4 nitrogen and oxygen atoms in total. The highest BCUT2D eigenvalue weighted by atomic mass is 16.2. The molecular formula is C15H29N3O. The molecule has 0 bridgehead atoms. The maximum atomic E-state index is 12.8. The Balaban J connectivity index is 2.01. The van der Waals surface area contributed by atoms with E-state index in [0.29, 0.717) is 17.9 Å². The van der Waals surface area contributed by atoms with Gasteiger partial charge in [-0.25, -0.2) is 0 Å². The number of carbonyl (C=O) groups is 1. The van der Waals surface area contributed by atoms with Crippen LogP contribution >= 0.6 is 0 Å². The summed E-state index contributed by atoms with van der Waals surface area (Å²) in [6, 6.07) is 0.538. The van der Waals surface area contributed by atoms with Gasteiger partial charge in [-0.15, -0.1) is 0 Å². The molecule has 110 valence electrons. The Morgan fingerprint density at radius 1 is 1.16 bits per heavy atom. The lowest BCUT2D eigenvalue weighted by atomic mass is 9.79. The van der Waals surface area contributed by atoms with Crippen LogP contribution in [0.15, 0.2) is 0 Å². The minimum atomic E-state index is 0.157. The predicted molar refractivity (Wildman–Crippen MR) is 77.8 cm³/mol. The van der Waals surface area contributed by atoms with E-state index in [1.54, 1.807) is 0 Å².